The van der Waals surface area contributed by atoms with Crippen molar-refractivity contribution in [3.8, 4) is 0 Å². The minimum absolute atomic E-state index is 0.581. The Morgan fingerprint density at radius 1 is 1.17 bits per heavy atom. The molecule has 2 aliphatic rings. The number of hydrogen-bond donors (Lipinski definition) is 0. The second-order valence-electron chi connectivity index (χ2n) is 7.23. The van der Waals surface area contributed by atoms with Crippen LogP contribution < -0.4 is 0 Å². The van der Waals surface area contributed by atoms with Gasteiger partial charge in [-0.3, -0.25) is 0 Å². The Hall–Kier alpha value is -0.0400. The second-order valence-corrected chi connectivity index (χ2v) is 7.23. The van der Waals surface area contributed by atoms with Gasteiger partial charge in [-0.15, -0.1) is 0 Å². The van der Waals surface area contributed by atoms with Gasteiger partial charge >= 0.3 is 0 Å². The van der Waals surface area contributed by atoms with Gasteiger partial charge in [0.05, 0.1) is 6.10 Å². The lowest BCUT2D eigenvalue weighted by Gasteiger charge is -2.40. The van der Waals surface area contributed by atoms with Gasteiger partial charge in [0.15, 0.2) is 0 Å². The standard InChI is InChI=1S/C17H32O/c1-4-5-6-7-8-10-17(3)11-9-15-14(2)13-18-16(15)12-17/h14-16H,4-13H2,1-3H3/t14?,15?,16-,17?/m1/s1. The highest BCUT2D eigenvalue weighted by molar-refractivity contribution is 4.93. The predicted molar refractivity (Wildman–Crippen MR) is 77.7 cm³/mol. The van der Waals surface area contributed by atoms with Crippen LogP contribution in [0.2, 0.25) is 0 Å². The van der Waals surface area contributed by atoms with Crippen LogP contribution in [-0.2, 0) is 4.74 Å². The largest absolute Gasteiger partial charge is 0.378 e. The maximum atomic E-state index is 6.01. The average molecular weight is 252 g/mol. The van der Waals surface area contributed by atoms with Crippen molar-refractivity contribution in [2.75, 3.05) is 6.61 Å². The molecule has 3 unspecified atom stereocenters. The van der Waals surface area contributed by atoms with E-state index in [1.165, 1.54) is 57.8 Å². The fraction of sp³-hybridized carbons (Fsp3) is 1.00. The molecule has 2 rings (SSSR count). The van der Waals surface area contributed by atoms with E-state index in [-0.39, 0.29) is 0 Å². The van der Waals surface area contributed by atoms with E-state index in [0.29, 0.717) is 11.5 Å². The fourth-order valence-electron chi connectivity index (χ4n) is 4.05. The zero-order chi connectivity index (χ0) is 13.0. The molecule has 106 valence electrons. The highest BCUT2D eigenvalue weighted by Crippen LogP contribution is 2.48. The molecule has 1 nitrogen and oxygen atoms in total. The lowest BCUT2D eigenvalue weighted by molar-refractivity contribution is 0.00933. The SMILES string of the molecule is CCCCCCCC1(C)CCC2C(C)CO[C@@H]2C1. The molecule has 0 N–H and O–H groups in total. The molecule has 1 aliphatic heterocycles. The lowest BCUT2D eigenvalue weighted by Crippen LogP contribution is -2.34. The zero-order valence-corrected chi connectivity index (χ0v) is 12.7. The summed E-state index contributed by atoms with van der Waals surface area (Å²) in [6.45, 7) is 8.19. The molecule has 1 saturated heterocycles. The van der Waals surface area contributed by atoms with Gasteiger partial charge in [0.2, 0.25) is 0 Å². The lowest BCUT2D eigenvalue weighted by atomic mass is 9.66. The van der Waals surface area contributed by atoms with Crippen molar-refractivity contribution >= 4 is 0 Å². The third kappa shape index (κ3) is 3.50. The highest BCUT2D eigenvalue weighted by atomic mass is 16.5. The molecule has 0 spiro atoms. The number of unbranched alkanes of at least 4 members (excludes halogenated alkanes) is 4. The van der Waals surface area contributed by atoms with E-state index in [9.17, 15) is 0 Å². The molecule has 18 heavy (non-hydrogen) atoms. The monoisotopic (exact) mass is 252 g/mol. The van der Waals surface area contributed by atoms with Crippen LogP contribution in [0.25, 0.3) is 0 Å². The molecule has 1 aliphatic carbocycles. The summed E-state index contributed by atoms with van der Waals surface area (Å²) in [6, 6.07) is 0. The molecule has 0 aromatic carbocycles. The molecule has 1 saturated carbocycles. The zero-order valence-electron chi connectivity index (χ0n) is 12.7. The van der Waals surface area contributed by atoms with Crippen molar-refractivity contribution in [3.63, 3.8) is 0 Å². The van der Waals surface area contributed by atoms with Gasteiger partial charge in [-0.25, -0.2) is 0 Å². The topological polar surface area (TPSA) is 9.23 Å². The van der Waals surface area contributed by atoms with Crippen LogP contribution >= 0.6 is 0 Å². The van der Waals surface area contributed by atoms with E-state index in [4.69, 9.17) is 4.74 Å². The van der Waals surface area contributed by atoms with E-state index in [1.54, 1.807) is 0 Å². The van der Waals surface area contributed by atoms with Crippen LogP contribution in [-0.4, -0.2) is 12.7 Å². The first-order valence-corrected chi connectivity index (χ1v) is 8.26. The molecule has 0 aromatic rings. The quantitative estimate of drug-likeness (QED) is 0.591. The molecular formula is C17H32O. The molecule has 0 bridgehead atoms. The van der Waals surface area contributed by atoms with Crippen molar-refractivity contribution in [1.82, 2.24) is 0 Å². The molecule has 1 heterocycles. The van der Waals surface area contributed by atoms with Crippen LogP contribution in [0.3, 0.4) is 0 Å². The predicted octanol–water partition coefficient (Wildman–Crippen LogP) is 5.19. The Labute approximate surface area is 114 Å². The van der Waals surface area contributed by atoms with Gasteiger partial charge in [0, 0.05) is 6.61 Å². The molecule has 0 radical (unpaired) electrons. The Bertz CT molecular complexity index is 250. The minimum Gasteiger partial charge on any atom is -0.378 e. The van der Waals surface area contributed by atoms with Gasteiger partial charge in [0.1, 0.15) is 0 Å². The van der Waals surface area contributed by atoms with Crippen molar-refractivity contribution in [2.24, 2.45) is 17.3 Å². The summed E-state index contributed by atoms with van der Waals surface area (Å²) in [5.74, 6) is 1.68. The summed E-state index contributed by atoms with van der Waals surface area (Å²) >= 11 is 0. The average Bonchev–Trinajstić information content (AvgIpc) is 2.70. The summed E-state index contributed by atoms with van der Waals surface area (Å²) in [6.07, 6.45) is 13.3. The fourth-order valence-corrected chi connectivity index (χ4v) is 4.05. The first-order chi connectivity index (χ1) is 8.64. The number of rotatable bonds is 6. The van der Waals surface area contributed by atoms with Gasteiger partial charge in [0.25, 0.3) is 0 Å². The van der Waals surface area contributed by atoms with E-state index in [1.807, 2.05) is 0 Å². The van der Waals surface area contributed by atoms with E-state index in [2.05, 4.69) is 20.8 Å². The van der Waals surface area contributed by atoms with Crippen molar-refractivity contribution in [1.29, 1.82) is 0 Å². The smallest absolute Gasteiger partial charge is 0.0612 e. The van der Waals surface area contributed by atoms with Crippen LogP contribution in [0, 0.1) is 17.3 Å². The molecule has 4 atom stereocenters. The Morgan fingerprint density at radius 3 is 2.72 bits per heavy atom. The van der Waals surface area contributed by atoms with Gasteiger partial charge in [-0.1, -0.05) is 52.9 Å². The summed E-state index contributed by atoms with van der Waals surface area (Å²) in [7, 11) is 0. The summed E-state index contributed by atoms with van der Waals surface area (Å²) in [5, 5.41) is 0. The van der Waals surface area contributed by atoms with Crippen molar-refractivity contribution < 1.29 is 4.74 Å². The molecule has 2 fully saturated rings. The van der Waals surface area contributed by atoms with Crippen molar-refractivity contribution in [3.05, 3.63) is 0 Å². The Balaban J connectivity index is 1.72. The molecular weight excluding hydrogens is 220 g/mol. The summed E-state index contributed by atoms with van der Waals surface area (Å²) in [4.78, 5) is 0. The Kier molecular flexibility index (Phi) is 5.12. The summed E-state index contributed by atoms with van der Waals surface area (Å²) < 4.78 is 6.01. The highest BCUT2D eigenvalue weighted by Gasteiger charge is 2.43. The van der Waals surface area contributed by atoms with Crippen LogP contribution in [0.15, 0.2) is 0 Å². The maximum Gasteiger partial charge on any atom is 0.0612 e. The third-order valence-corrected chi connectivity index (χ3v) is 5.44. The first kappa shape index (κ1) is 14.4. The summed E-state index contributed by atoms with van der Waals surface area (Å²) in [5.41, 5.74) is 0.581. The van der Waals surface area contributed by atoms with E-state index in [0.717, 1.165) is 18.4 Å². The Morgan fingerprint density at radius 2 is 1.94 bits per heavy atom. The third-order valence-electron chi connectivity index (χ3n) is 5.44. The van der Waals surface area contributed by atoms with E-state index < -0.39 is 0 Å². The van der Waals surface area contributed by atoms with Crippen LogP contribution in [0.1, 0.15) is 78.6 Å². The second kappa shape index (κ2) is 6.41. The number of hydrogen-bond acceptors (Lipinski definition) is 1. The molecule has 1 heteroatoms. The molecule has 0 aromatic heterocycles. The van der Waals surface area contributed by atoms with E-state index >= 15 is 0 Å². The molecule has 0 amide bonds. The normalized spacial score (nSPS) is 39.8. The van der Waals surface area contributed by atoms with Crippen LogP contribution in [0.4, 0.5) is 0 Å². The first-order valence-electron chi connectivity index (χ1n) is 8.26. The number of ether oxygens (including phenoxy) is 1. The van der Waals surface area contributed by atoms with Gasteiger partial charge in [-0.05, 0) is 42.9 Å². The van der Waals surface area contributed by atoms with Gasteiger partial charge < -0.3 is 4.74 Å². The maximum absolute atomic E-state index is 6.01. The number of fused-ring (bicyclic) bond motifs is 1. The van der Waals surface area contributed by atoms with Crippen molar-refractivity contribution in [2.45, 2.75) is 84.7 Å². The van der Waals surface area contributed by atoms with Gasteiger partial charge in [-0.2, -0.15) is 0 Å². The van der Waals surface area contributed by atoms with Crippen LogP contribution in [0.5, 0.6) is 0 Å². The minimum atomic E-state index is 0.581.